The number of aromatic nitrogens is 2. The topological polar surface area (TPSA) is 81.4 Å². The molecule has 0 fully saturated rings. The normalized spacial score (nSPS) is 12.5. The smallest absolute Gasteiger partial charge is 0.327 e. The zero-order valence-electron chi connectivity index (χ0n) is 6.84. The largest absolute Gasteiger partial charge is 0.468 e. The lowest BCUT2D eigenvalue weighted by molar-refractivity contribution is -0.141. The van der Waals surface area contributed by atoms with Crippen molar-refractivity contribution in [1.82, 2.24) is 9.78 Å². The number of esters is 1. The van der Waals surface area contributed by atoms with Crippen molar-refractivity contribution >= 4 is 17.0 Å². The predicted octanol–water partition coefficient (Wildman–Crippen LogP) is -0.363. The Kier molecular flexibility index (Phi) is 3.15. The second-order valence-corrected chi connectivity index (χ2v) is 3.17. The molecule has 6 nitrogen and oxygen atoms in total. The van der Waals surface area contributed by atoms with E-state index in [1.54, 1.807) is 0 Å². The first-order valence-electron chi connectivity index (χ1n) is 3.33. The molecule has 1 heterocycles. The molecule has 0 radical (unpaired) electrons. The summed E-state index contributed by atoms with van der Waals surface area (Å²) in [5.41, 5.74) is 0. The number of carbonyl (C=O) groups excluding carboxylic acids is 1. The van der Waals surface area contributed by atoms with Crippen LogP contribution in [0.4, 0.5) is 0 Å². The maximum Gasteiger partial charge on any atom is 0.327 e. The summed E-state index contributed by atoms with van der Waals surface area (Å²) in [6, 6.07) is 0. The van der Waals surface area contributed by atoms with E-state index in [1.807, 2.05) is 0 Å². The molecule has 13 heavy (non-hydrogen) atoms. The van der Waals surface area contributed by atoms with Gasteiger partial charge in [0, 0.05) is 6.20 Å². The lowest BCUT2D eigenvalue weighted by atomic mass is 10.6. The quantitative estimate of drug-likeness (QED) is 0.537. The Morgan fingerprint density at radius 2 is 2.54 bits per heavy atom. The van der Waals surface area contributed by atoms with Crippen LogP contribution in [0.3, 0.4) is 0 Å². The van der Waals surface area contributed by atoms with Crippen molar-refractivity contribution in [2.45, 2.75) is 11.4 Å². The predicted molar refractivity (Wildman–Crippen MR) is 43.3 cm³/mol. The average Bonchev–Trinajstić information content (AvgIpc) is 2.52. The van der Waals surface area contributed by atoms with Gasteiger partial charge in [-0.15, -0.1) is 0 Å². The Hall–Kier alpha value is -1.21. The zero-order valence-corrected chi connectivity index (χ0v) is 7.65. The lowest BCUT2D eigenvalue weighted by Gasteiger charge is -1.97. The van der Waals surface area contributed by atoms with Gasteiger partial charge in [-0.25, -0.2) is 4.21 Å². The van der Waals surface area contributed by atoms with Crippen LogP contribution in [0.1, 0.15) is 0 Å². The highest BCUT2D eigenvalue weighted by atomic mass is 32.2. The van der Waals surface area contributed by atoms with Gasteiger partial charge in [-0.2, -0.15) is 5.10 Å². The first kappa shape index (κ1) is 9.87. The van der Waals surface area contributed by atoms with E-state index in [2.05, 4.69) is 9.84 Å². The molecule has 7 heteroatoms. The van der Waals surface area contributed by atoms with E-state index in [4.69, 9.17) is 4.55 Å². The molecule has 1 aromatic rings. The summed E-state index contributed by atoms with van der Waals surface area (Å²) < 4.78 is 24.8. The fraction of sp³-hybridized carbons (Fsp3) is 0.333. The van der Waals surface area contributed by atoms with Crippen LogP contribution in [0.25, 0.3) is 0 Å². The van der Waals surface area contributed by atoms with Crippen LogP contribution in [-0.2, 0) is 27.2 Å². The third-order valence-corrected chi connectivity index (χ3v) is 1.94. The lowest BCUT2D eigenvalue weighted by Crippen LogP contribution is -2.11. The van der Waals surface area contributed by atoms with Gasteiger partial charge in [0.2, 0.25) is 0 Å². The van der Waals surface area contributed by atoms with Crippen molar-refractivity contribution in [3.8, 4) is 0 Å². The number of ether oxygens (including phenoxy) is 1. The van der Waals surface area contributed by atoms with E-state index in [0.717, 1.165) is 0 Å². The van der Waals surface area contributed by atoms with E-state index >= 15 is 0 Å². The van der Waals surface area contributed by atoms with Crippen molar-refractivity contribution in [3.63, 3.8) is 0 Å². The summed E-state index contributed by atoms with van der Waals surface area (Å²) in [6.45, 7) is -0.0618. The molecule has 1 N–H and O–H groups in total. The Morgan fingerprint density at radius 3 is 3.00 bits per heavy atom. The number of nitrogens with zero attached hydrogens (tertiary/aromatic N) is 2. The van der Waals surface area contributed by atoms with Crippen molar-refractivity contribution in [1.29, 1.82) is 0 Å². The van der Waals surface area contributed by atoms with Gasteiger partial charge in [0.05, 0.1) is 13.3 Å². The van der Waals surface area contributed by atoms with Gasteiger partial charge in [0.15, 0.2) is 11.1 Å². The van der Waals surface area contributed by atoms with Crippen LogP contribution in [0, 0.1) is 0 Å². The standard InChI is InChI=1S/C6H8N2O4S/c1-12-6(9)4-8-3-5(2-7-8)13(10)11/h2-3H,4H2,1H3,(H,10,11). The molecule has 0 aliphatic carbocycles. The van der Waals surface area contributed by atoms with Gasteiger partial charge in [-0.3, -0.25) is 9.48 Å². The van der Waals surface area contributed by atoms with E-state index in [-0.39, 0.29) is 11.4 Å². The van der Waals surface area contributed by atoms with E-state index in [0.29, 0.717) is 0 Å². The molecule has 1 unspecified atom stereocenters. The monoisotopic (exact) mass is 204 g/mol. The zero-order chi connectivity index (χ0) is 9.84. The summed E-state index contributed by atoms with van der Waals surface area (Å²) in [5, 5.41) is 3.69. The van der Waals surface area contributed by atoms with Gasteiger partial charge in [-0.05, 0) is 0 Å². The second-order valence-electron chi connectivity index (χ2n) is 2.20. The molecular formula is C6H8N2O4S. The highest BCUT2D eigenvalue weighted by molar-refractivity contribution is 7.79. The third-order valence-electron chi connectivity index (χ3n) is 1.33. The maximum atomic E-state index is 10.7. The molecule has 0 aliphatic heterocycles. The highest BCUT2D eigenvalue weighted by Crippen LogP contribution is 2.01. The van der Waals surface area contributed by atoms with Crippen LogP contribution in [0.15, 0.2) is 17.3 Å². The molecule has 1 atom stereocenters. The van der Waals surface area contributed by atoms with Crippen molar-refractivity contribution in [2.24, 2.45) is 0 Å². The second kappa shape index (κ2) is 4.15. The minimum Gasteiger partial charge on any atom is -0.468 e. The van der Waals surface area contributed by atoms with Crippen LogP contribution >= 0.6 is 0 Å². The Balaban J connectivity index is 2.69. The molecular weight excluding hydrogens is 196 g/mol. The molecule has 0 aromatic carbocycles. The molecule has 1 rings (SSSR count). The number of rotatable bonds is 3. The van der Waals surface area contributed by atoms with Gasteiger partial charge < -0.3 is 9.29 Å². The molecule has 0 saturated carbocycles. The van der Waals surface area contributed by atoms with Crippen LogP contribution in [-0.4, -0.2) is 31.6 Å². The number of methoxy groups -OCH3 is 1. The number of hydrogen-bond acceptors (Lipinski definition) is 4. The fourth-order valence-corrected chi connectivity index (χ4v) is 1.07. The minimum atomic E-state index is -2.06. The van der Waals surface area contributed by atoms with E-state index in [1.165, 1.54) is 24.2 Å². The summed E-state index contributed by atoms with van der Waals surface area (Å²) in [7, 11) is 1.26. The first-order valence-corrected chi connectivity index (χ1v) is 4.44. The van der Waals surface area contributed by atoms with Crippen molar-refractivity contribution in [2.75, 3.05) is 7.11 Å². The SMILES string of the molecule is COC(=O)Cn1cc(S(=O)O)cn1. The average molecular weight is 204 g/mol. The first-order chi connectivity index (χ1) is 6.13. The Bertz CT molecular complexity index is 335. The summed E-state index contributed by atoms with van der Waals surface area (Å²) in [4.78, 5) is 10.9. The minimum absolute atomic E-state index is 0.0618. The van der Waals surface area contributed by atoms with E-state index < -0.39 is 17.0 Å². The third kappa shape index (κ3) is 2.63. The number of hydrogen-bond donors (Lipinski definition) is 1. The highest BCUT2D eigenvalue weighted by Gasteiger charge is 2.06. The van der Waals surface area contributed by atoms with Gasteiger partial charge >= 0.3 is 5.97 Å². The summed E-state index contributed by atoms with van der Waals surface area (Å²) in [6.07, 6.45) is 2.53. The molecule has 0 amide bonds. The van der Waals surface area contributed by atoms with Crippen LogP contribution in [0.5, 0.6) is 0 Å². The van der Waals surface area contributed by atoms with Crippen LogP contribution in [0.2, 0.25) is 0 Å². The summed E-state index contributed by atoms with van der Waals surface area (Å²) in [5.74, 6) is -0.460. The molecule has 0 spiro atoms. The van der Waals surface area contributed by atoms with Crippen molar-refractivity contribution in [3.05, 3.63) is 12.4 Å². The Morgan fingerprint density at radius 1 is 1.85 bits per heavy atom. The van der Waals surface area contributed by atoms with Gasteiger partial charge in [0.1, 0.15) is 11.4 Å². The van der Waals surface area contributed by atoms with Gasteiger partial charge in [0.25, 0.3) is 0 Å². The summed E-state index contributed by atoms with van der Waals surface area (Å²) >= 11 is -2.06. The van der Waals surface area contributed by atoms with Gasteiger partial charge in [-0.1, -0.05) is 0 Å². The number of carbonyl (C=O) groups is 1. The van der Waals surface area contributed by atoms with Crippen molar-refractivity contribution < 1.29 is 18.3 Å². The fourth-order valence-electron chi connectivity index (χ4n) is 0.718. The Labute approximate surface area is 76.8 Å². The molecule has 1 aromatic heterocycles. The molecule has 0 aliphatic rings. The molecule has 0 saturated heterocycles. The van der Waals surface area contributed by atoms with E-state index in [9.17, 15) is 9.00 Å². The molecule has 72 valence electrons. The maximum absolute atomic E-state index is 10.7. The van der Waals surface area contributed by atoms with Crippen LogP contribution < -0.4 is 0 Å². The molecule has 0 bridgehead atoms.